The number of amides is 4. The van der Waals surface area contributed by atoms with Crippen molar-refractivity contribution in [3.63, 3.8) is 0 Å². The smallest absolute Gasteiger partial charge is 0.407 e. The van der Waals surface area contributed by atoms with Crippen LogP contribution in [-0.4, -0.2) is 94.9 Å². The molecule has 3 fully saturated rings. The van der Waals surface area contributed by atoms with Gasteiger partial charge >= 0.3 is 12.2 Å². The van der Waals surface area contributed by atoms with Gasteiger partial charge in [0.1, 0.15) is 17.9 Å². The van der Waals surface area contributed by atoms with E-state index in [1.807, 2.05) is 49.9 Å². The number of ether oxygens (including phenoxy) is 2. The predicted octanol–water partition coefficient (Wildman–Crippen LogP) is 7.44. The first kappa shape index (κ1) is 41.7. The zero-order valence-corrected chi connectivity index (χ0v) is 35.5. The molecule has 1 saturated carbocycles. The number of carbonyl (C=O) groups excluding carboxylic acids is 4. The Kier molecular flexibility index (Phi) is 12.3. The molecule has 8 atom stereocenters. The molecule has 0 bridgehead atoms. The van der Waals surface area contributed by atoms with E-state index < -0.39 is 24.3 Å². The lowest BCUT2D eigenvalue weighted by molar-refractivity contribution is -0.136. The third-order valence-electron chi connectivity index (χ3n) is 12.6. The molecule has 4 aliphatic rings. The molecule has 0 unspecified atom stereocenters. The average Bonchev–Trinajstić information content (AvgIpc) is 3.65. The maximum Gasteiger partial charge on any atom is 0.407 e. The Labute approximate surface area is 347 Å². The Bertz CT molecular complexity index is 2090. The number of aromatic amines is 1. The maximum atomic E-state index is 13.7. The van der Waals surface area contributed by atoms with E-state index in [4.69, 9.17) is 19.5 Å². The van der Waals surface area contributed by atoms with E-state index in [1.165, 1.54) is 25.3 Å². The number of rotatable bonds is 12. The van der Waals surface area contributed by atoms with Crippen LogP contribution in [0.25, 0.3) is 16.8 Å². The van der Waals surface area contributed by atoms with E-state index in [0.29, 0.717) is 43.2 Å². The molecule has 3 aliphatic heterocycles. The van der Waals surface area contributed by atoms with Crippen LogP contribution in [0.1, 0.15) is 108 Å². The SMILES string of the molecule is COC(=O)N[C@H](C(=O)N1C[C@@H](C)C[C@H]1C1=NC=C(c2ccc([C@H]3C[C@@H]3c3ccc(-c4cnc([C@@H]5C[C@H](C)CN5C(=O)[C@@H](NC(=O)OC)C(C)C)[nH]4)cc3)cc2)C1)C(C)C. The molecular weight excluding hydrogens is 747 g/mol. The predicted molar refractivity (Wildman–Crippen MR) is 226 cm³/mol. The molecule has 7 rings (SSSR count). The molecule has 59 heavy (non-hydrogen) atoms. The number of alkyl carbamates (subject to hydrolysis) is 2. The van der Waals surface area contributed by atoms with Gasteiger partial charge in [-0.05, 0) is 82.6 Å². The number of methoxy groups -OCH3 is 2. The molecule has 3 aromatic rings. The molecule has 4 amide bonds. The van der Waals surface area contributed by atoms with Crippen molar-refractivity contribution in [2.24, 2.45) is 28.7 Å². The number of benzene rings is 2. The Hall–Kier alpha value is -5.46. The van der Waals surface area contributed by atoms with Gasteiger partial charge in [-0.2, -0.15) is 0 Å². The molecule has 0 radical (unpaired) electrons. The van der Waals surface area contributed by atoms with Gasteiger partial charge in [0.25, 0.3) is 0 Å². The summed E-state index contributed by atoms with van der Waals surface area (Å²) in [5.41, 5.74) is 7.86. The summed E-state index contributed by atoms with van der Waals surface area (Å²) in [7, 11) is 2.61. The lowest BCUT2D eigenvalue weighted by Crippen LogP contribution is -2.53. The third kappa shape index (κ3) is 8.94. The highest BCUT2D eigenvalue weighted by atomic mass is 16.5. The van der Waals surface area contributed by atoms with Gasteiger partial charge in [0.05, 0.1) is 38.2 Å². The second-order valence-electron chi connectivity index (χ2n) is 17.7. The molecule has 13 nitrogen and oxygen atoms in total. The molecule has 2 aromatic carbocycles. The van der Waals surface area contributed by atoms with Crippen LogP contribution >= 0.6 is 0 Å². The van der Waals surface area contributed by atoms with Crippen molar-refractivity contribution >= 4 is 35.3 Å². The monoisotopic (exact) mass is 805 g/mol. The van der Waals surface area contributed by atoms with Crippen LogP contribution in [0, 0.1) is 23.7 Å². The lowest BCUT2D eigenvalue weighted by atomic mass is 9.95. The number of hydrogen-bond donors (Lipinski definition) is 3. The molecule has 3 N–H and O–H groups in total. The van der Waals surface area contributed by atoms with Crippen molar-refractivity contribution in [1.82, 2.24) is 30.4 Å². The van der Waals surface area contributed by atoms with Gasteiger partial charge in [-0.15, -0.1) is 0 Å². The Morgan fingerprint density at radius 3 is 1.71 bits per heavy atom. The second kappa shape index (κ2) is 17.4. The summed E-state index contributed by atoms with van der Waals surface area (Å²) in [6, 6.07) is 15.9. The first-order chi connectivity index (χ1) is 28.3. The number of aromatic nitrogens is 2. The van der Waals surface area contributed by atoms with Gasteiger partial charge < -0.3 is 34.9 Å². The van der Waals surface area contributed by atoms with Gasteiger partial charge in [0.15, 0.2) is 0 Å². The van der Waals surface area contributed by atoms with E-state index in [2.05, 4.69) is 78.0 Å². The number of likely N-dealkylation sites (tertiary alicyclic amines) is 2. The van der Waals surface area contributed by atoms with Crippen molar-refractivity contribution < 1.29 is 28.7 Å². The molecule has 2 saturated heterocycles. The largest absolute Gasteiger partial charge is 0.453 e. The van der Waals surface area contributed by atoms with Crippen molar-refractivity contribution in [3.05, 3.63) is 83.4 Å². The minimum atomic E-state index is -0.686. The van der Waals surface area contributed by atoms with Crippen molar-refractivity contribution in [2.45, 2.75) is 103 Å². The summed E-state index contributed by atoms with van der Waals surface area (Å²) in [4.78, 5) is 68.3. The van der Waals surface area contributed by atoms with Crippen LogP contribution in [-0.2, 0) is 19.1 Å². The minimum absolute atomic E-state index is 0.0838. The highest BCUT2D eigenvalue weighted by Gasteiger charge is 2.43. The first-order valence-electron chi connectivity index (χ1n) is 21.1. The zero-order chi connectivity index (χ0) is 42.1. The number of nitrogens with zero attached hydrogens (tertiary/aromatic N) is 4. The van der Waals surface area contributed by atoms with Crippen LogP contribution in [0.2, 0.25) is 0 Å². The summed E-state index contributed by atoms with van der Waals surface area (Å²) in [5.74, 6) is 1.89. The van der Waals surface area contributed by atoms with Crippen LogP contribution < -0.4 is 10.6 Å². The second-order valence-corrected chi connectivity index (χ2v) is 17.7. The number of carbonyl (C=O) groups is 4. The number of aliphatic imine (C=N–C) groups is 1. The van der Waals surface area contributed by atoms with E-state index in [1.54, 1.807) is 0 Å². The maximum absolute atomic E-state index is 13.7. The topological polar surface area (TPSA) is 158 Å². The van der Waals surface area contributed by atoms with Gasteiger partial charge in [-0.25, -0.2) is 14.6 Å². The Morgan fingerprint density at radius 2 is 1.20 bits per heavy atom. The number of nitrogens with one attached hydrogen (secondary N) is 3. The van der Waals surface area contributed by atoms with E-state index >= 15 is 0 Å². The average molecular weight is 806 g/mol. The zero-order valence-electron chi connectivity index (χ0n) is 35.5. The normalized spacial score (nSPS) is 24.8. The van der Waals surface area contributed by atoms with E-state index in [0.717, 1.165) is 53.2 Å². The van der Waals surface area contributed by atoms with Gasteiger partial charge in [-0.3, -0.25) is 14.6 Å². The van der Waals surface area contributed by atoms with Crippen molar-refractivity contribution in [3.8, 4) is 11.3 Å². The fourth-order valence-corrected chi connectivity index (χ4v) is 9.18. The summed E-state index contributed by atoms with van der Waals surface area (Å²) >= 11 is 0. The van der Waals surface area contributed by atoms with Gasteiger partial charge in [0.2, 0.25) is 11.8 Å². The first-order valence-corrected chi connectivity index (χ1v) is 21.1. The highest BCUT2D eigenvalue weighted by molar-refractivity contribution is 6.03. The molecular formula is C46H59N7O6. The van der Waals surface area contributed by atoms with Crippen LogP contribution in [0.15, 0.2) is 65.9 Å². The summed E-state index contributed by atoms with van der Waals surface area (Å²) in [5, 5.41) is 5.46. The summed E-state index contributed by atoms with van der Waals surface area (Å²) in [6.07, 6.45) is 6.00. The molecule has 4 heterocycles. The Morgan fingerprint density at radius 1 is 0.712 bits per heavy atom. The molecule has 314 valence electrons. The quantitative estimate of drug-likeness (QED) is 0.172. The number of H-pyrrole nitrogens is 1. The van der Waals surface area contributed by atoms with Crippen LogP contribution in [0.4, 0.5) is 9.59 Å². The van der Waals surface area contributed by atoms with Crippen LogP contribution in [0.3, 0.4) is 0 Å². The lowest BCUT2D eigenvalue weighted by Gasteiger charge is -2.31. The number of allylic oxidation sites excluding steroid dienone is 1. The van der Waals surface area contributed by atoms with Gasteiger partial charge in [-0.1, -0.05) is 90.1 Å². The Balaban J connectivity index is 0.949. The molecule has 1 aromatic heterocycles. The standard InChI is InChI=1S/C46H59N7O6/c1-25(2)40(50-45(56)58-7)43(54)52-23-27(5)17-38(52)36-19-33(21-47-36)29-9-11-30(12-10-29)34-20-35(34)31-13-15-32(16-14-31)37-22-48-42(49-37)39-18-28(6)24-53(39)44(55)41(26(3)4)51-46(57)59-8/h9-16,21-22,25-28,34-35,38-41H,17-20,23-24H2,1-8H3,(H,48,49)(H,50,56)(H,51,57)/t27-,28-,34+,35+,38-,39-,40-,41-/m0/s1. The number of hydrogen-bond acceptors (Lipinski definition) is 8. The van der Waals surface area contributed by atoms with E-state index in [-0.39, 0.29) is 35.7 Å². The third-order valence-corrected chi connectivity index (χ3v) is 12.6. The van der Waals surface area contributed by atoms with Crippen molar-refractivity contribution in [1.29, 1.82) is 0 Å². The van der Waals surface area contributed by atoms with E-state index in [9.17, 15) is 19.2 Å². The van der Waals surface area contributed by atoms with Gasteiger partial charge in [0, 0.05) is 31.4 Å². The van der Waals surface area contributed by atoms with Crippen LogP contribution in [0.5, 0.6) is 0 Å². The number of imidazole rings is 1. The fraction of sp³-hybridized carbons (Fsp3) is 0.522. The molecule has 1 aliphatic carbocycles. The molecule has 13 heteroatoms. The summed E-state index contributed by atoms with van der Waals surface area (Å²) in [6.45, 7) is 13.2. The fourth-order valence-electron chi connectivity index (χ4n) is 9.18. The van der Waals surface area contributed by atoms with Crippen molar-refractivity contribution in [2.75, 3.05) is 27.3 Å². The minimum Gasteiger partial charge on any atom is -0.453 e. The summed E-state index contributed by atoms with van der Waals surface area (Å²) < 4.78 is 9.58. The molecule has 0 spiro atoms. The highest BCUT2D eigenvalue weighted by Crippen LogP contribution is 2.55.